The van der Waals surface area contributed by atoms with Crippen LogP contribution in [0.3, 0.4) is 0 Å². The molecule has 2 atom stereocenters. The minimum atomic E-state index is -3.02. The fourth-order valence-corrected chi connectivity index (χ4v) is 4.60. The van der Waals surface area contributed by atoms with Gasteiger partial charge in [-0.1, -0.05) is 6.42 Å². The molecule has 0 aromatic heterocycles. The zero-order chi connectivity index (χ0) is 13.9. The van der Waals surface area contributed by atoms with E-state index < -0.39 is 9.84 Å². The highest BCUT2D eigenvalue weighted by molar-refractivity contribution is 7.91. The Morgan fingerprint density at radius 2 is 2.11 bits per heavy atom. The first-order valence-corrected chi connectivity index (χ1v) is 8.71. The van der Waals surface area contributed by atoms with Gasteiger partial charge in [0.15, 0.2) is 9.84 Å². The van der Waals surface area contributed by atoms with Crippen molar-refractivity contribution in [2.75, 3.05) is 31.2 Å². The van der Waals surface area contributed by atoms with Crippen LogP contribution in [0.15, 0.2) is 0 Å². The van der Waals surface area contributed by atoms with Gasteiger partial charge in [0.25, 0.3) is 0 Å². The number of hydrogen-bond acceptors (Lipinski definition) is 5. The van der Waals surface area contributed by atoms with Crippen LogP contribution in [-0.2, 0) is 14.6 Å². The summed E-state index contributed by atoms with van der Waals surface area (Å²) in [7, 11) is -3.02. The van der Waals surface area contributed by atoms with E-state index in [-0.39, 0.29) is 42.6 Å². The molecule has 1 amide bonds. The highest BCUT2D eigenvalue weighted by Crippen LogP contribution is 2.20. The molecule has 0 radical (unpaired) electrons. The van der Waals surface area contributed by atoms with Crippen molar-refractivity contribution in [3.8, 4) is 0 Å². The van der Waals surface area contributed by atoms with Crippen molar-refractivity contribution < 1.29 is 18.3 Å². The number of nitrogens with zero attached hydrogens (tertiary/aromatic N) is 1. The van der Waals surface area contributed by atoms with Crippen LogP contribution in [0.5, 0.6) is 0 Å². The highest BCUT2D eigenvalue weighted by atomic mass is 32.2. The van der Waals surface area contributed by atoms with Gasteiger partial charge in [0, 0.05) is 12.6 Å². The summed E-state index contributed by atoms with van der Waals surface area (Å²) in [6, 6.07) is -0.489. The summed E-state index contributed by atoms with van der Waals surface area (Å²) in [4.78, 5) is 14.0. The molecule has 2 rings (SSSR count). The zero-order valence-electron chi connectivity index (χ0n) is 11.0. The Balaban J connectivity index is 2.04. The van der Waals surface area contributed by atoms with Crippen molar-refractivity contribution in [3.05, 3.63) is 0 Å². The minimum Gasteiger partial charge on any atom is -0.395 e. The summed E-state index contributed by atoms with van der Waals surface area (Å²) in [5, 5.41) is 12.3. The molecule has 0 bridgehead atoms. The number of sulfone groups is 1. The summed E-state index contributed by atoms with van der Waals surface area (Å²) in [5.41, 5.74) is 0. The van der Waals surface area contributed by atoms with Gasteiger partial charge >= 0.3 is 0 Å². The van der Waals surface area contributed by atoms with Crippen molar-refractivity contribution in [1.29, 1.82) is 0 Å². The Kier molecular flexibility index (Phi) is 4.81. The van der Waals surface area contributed by atoms with E-state index in [1.807, 2.05) is 0 Å². The molecule has 0 aliphatic carbocycles. The molecule has 7 heteroatoms. The normalized spacial score (nSPS) is 30.2. The molecule has 19 heavy (non-hydrogen) atoms. The standard InChI is InChI=1S/C12H22N2O4S/c15-7-6-14(10-4-8-19(17,18)9-10)12(16)11-3-1-2-5-13-11/h10-11,13,15H,1-9H2/t10?,11-/m0/s1. The lowest BCUT2D eigenvalue weighted by atomic mass is 10.0. The molecule has 0 spiro atoms. The largest absolute Gasteiger partial charge is 0.395 e. The topological polar surface area (TPSA) is 86.7 Å². The fraction of sp³-hybridized carbons (Fsp3) is 0.917. The van der Waals surface area contributed by atoms with Crippen LogP contribution >= 0.6 is 0 Å². The molecule has 110 valence electrons. The monoisotopic (exact) mass is 290 g/mol. The average Bonchev–Trinajstić information content (AvgIpc) is 2.76. The number of carbonyl (C=O) groups is 1. The Bertz CT molecular complexity index is 417. The van der Waals surface area contributed by atoms with Gasteiger partial charge in [0.2, 0.25) is 5.91 Å². The van der Waals surface area contributed by atoms with Crippen LogP contribution in [-0.4, -0.2) is 67.6 Å². The lowest BCUT2D eigenvalue weighted by molar-refractivity contribution is -0.136. The number of nitrogens with one attached hydrogen (secondary N) is 1. The second-order valence-corrected chi connectivity index (χ2v) is 7.54. The minimum absolute atomic E-state index is 0.0332. The van der Waals surface area contributed by atoms with Gasteiger partial charge in [0.05, 0.1) is 24.2 Å². The second-order valence-electron chi connectivity index (χ2n) is 5.31. The fourth-order valence-electron chi connectivity index (χ4n) is 2.86. The molecule has 2 fully saturated rings. The van der Waals surface area contributed by atoms with E-state index in [2.05, 4.69) is 5.32 Å². The molecule has 0 aromatic carbocycles. The third-order valence-corrected chi connectivity index (χ3v) is 5.63. The summed E-state index contributed by atoms with van der Waals surface area (Å²) in [6.07, 6.45) is 3.36. The second kappa shape index (κ2) is 6.19. The van der Waals surface area contributed by atoms with Crippen LogP contribution in [0.1, 0.15) is 25.7 Å². The SMILES string of the molecule is O=C([C@@H]1CCCCN1)N(CCO)C1CCS(=O)(=O)C1. The van der Waals surface area contributed by atoms with E-state index in [1.165, 1.54) is 0 Å². The van der Waals surface area contributed by atoms with Crippen molar-refractivity contribution in [2.24, 2.45) is 0 Å². The molecule has 6 nitrogen and oxygen atoms in total. The number of piperidine rings is 1. The van der Waals surface area contributed by atoms with Crippen LogP contribution in [0.25, 0.3) is 0 Å². The number of carbonyl (C=O) groups excluding carboxylic acids is 1. The lowest BCUT2D eigenvalue weighted by Crippen LogP contribution is -2.53. The van der Waals surface area contributed by atoms with Gasteiger partial charge < -0.3 is 15.3 Å². The average molecular weight is 290 g/mol. The molecular weight excluding hydrogens is 268 g/mol. The molecule has 0 saturated carbocycles. The maximum atomic E-state index is 12.4. The van der Waals surface area contributed by atoms with E-state index >= 15 is 0 Å². The van der Waals surface area contributed by atoms with Gasteiger partial charge in [-0.2, -0.15) is 0 Å². The number of aliphatic hydroxyl groups excluding tert-OH is 1. The lowest BCUT2D eigenvalue weighted by Gasteiger charge is -2.33. The van der Waals surface area contributed by atoms with Crippen molar-refractivity contribution in [3.63, 3.8) is 0 Å². The van der Waals surface area contributed by atoms with Gasteiger partial charge in [-0.05, 0) is 25.8 Å². The van der Waals surface area contributed by atoms with E-state index in [0.29, 0.717) is 6.42 Å². The number of amides is 1. The van der Waals surface area contributed by atoms with Gasteiger partial charge in [-0.15, -0.1) is 0 Å². The quantitative estimate of drug-likeness (QED) is 0.703. The van der Waals surface area contributed by atoms with Crippen molar-refractivity contribution in [2.45, 2.75) is 37.8 Å². The molecule has 2 N–H and O–H groups in total. The Hall–Kier alpha value is -0.660. The van der Waals surface area contributed by atoms with E-state index in [9.17, 15) is 13.2 Å². The first-order valence-electron chi connectivity index (χ1n) is 6.88. The number of aliphatic hydroxyl groups is 1. The summed E-state index contributed by atoms with van der Waals surface area (Å²) >= 11 is 0. The Labute approximate surface area is 114 Å². The van der Waals surface area contributed by atoms with Gasteiger partial charge in [-0.3, -0.25) is 4.79 Å². The first kappa shape index (κ1) is 14.7. The van der Waals surface area contributed by atoms with Crippen LogP contribution in [0.4, 0.5) is 0 Å². The van der Waals surface area contributed by atoms with Crippen molar-refractivity contribution >= 4 is 15.7 Å². The van der Waals surface area contributed by atoms with Crippen LogP contribution < -0.4 is 5.32 Å². The Morgan fingerprint density at radius 1 is 1.32 bits per heavy atom. The molecule has 2 aliphatic rings. The summed E-state index contributed by atoms with van der Waals surface area (Å²) in [6.45, 7) is 0.915. The summed E-state index contributed by atoms with van der Waals surface area (Å²) < 4.78 is 23.1. The molecule has 0 aromatic rings. The summed E-state index contributed by atoms with van der Waals surface area (Å²) in [5.74, 6) is 0.118. The number of rotatable bonds is 4. The Morgan fingerprint density at radius 3 is 2.63 bits per heavy atom. The molecule has 2 heterocycles. The predicted molar refractivity (Wildman–Crippen MR) is 71.5 cm³/mol. The molecule has 2 aliphatic heterocycles. The maximum Gasteiger partial charge on any atom is 0.240 e. The zero-order valence-corrected chi connectivity index (χ0v) is 11.9. The van der Waals surface area contributed by atoms with E-state index in [0.717, 1.165) is 25.8 Å². The smallest absolute Gasteiger partial charge is 0.240 e. The third kappa shape index (κ3) is 3.67. The number of hydrogen-bond donors (Lipinski definition) is 2. The van der Waals surface area contributed by atoms with Gasteiger partial charge in [-0.25, -0.2) is 8.42 Å². The predicted octanol–water partition coefficient (Wildman–Crippen LogP) is -0.863. The molecule has 2 saturated heterocycles. The maximum absolute atomic E-state index is 12.4. The van der Waals surface area contributed by atoms with Crippen molar-refractivity contribution in [1.82, 2.24) is 10.2 Å². The first-order chi connectivity index (χ1) is 9.03. The van der Waals surface area contributed by atoms with E-state index in [1.54, 1.807) is 4.90 Å². The van der Waals surface area contributed by atoms with E-state index in [4.69, 9.17) is 5.11 Å². The third-order valence-electron chi connectivity index (χ3n) is 3.88. The molecular formula is C12H22N2O4S. The highest BCUT2D eigenvalue weighted by Gasteiger charge is 2.36. The van der Waals surface area contributed by atoms with Crippen LogP contribution in [0, 0.1) is 0 Å². The molecule has 1 unspecified atom stereocenters. The van der Waals surface area contributed by atoms with Crippen LogP contribution in [0.2, 0.25) is 0 Å². The van der Waals surface area contributed by atoms with Gasteiger partial charge in [0.1, 0.15) is 0 Å².